The maximum absolute atomic E-state index is 12.0. The number of carbonyl (C=O) groups is 1. The average molecular weight is 393 g/mol. The number of hydrogen-bond acceptors (Lipinski definition) is 3. The molecule has 0 unspecified atom stereocenters. The van der Waals surface area contributed by atoms with E-state index >= 15 is 0 Å². The van der Waals surface area contributed by atoms with E-state index in [-0.39, 0.29) is 12.5 Å². The molecule has 0 radical (unpaired) electrons. The molecule has 3 rings (SSSR count). The van der Waals surface area contributed by atoms with E-state index in [1.54, 1.807) is 6.21 Å². The van der Waals surface area contributed by atoms with E-state index in [1.807, 2.05) is 80.6 Å². The number of ether oxygens (including phenoxy) is 1. The molecule has 4 nitrogen and oxygen atoms in total. The van der Waals surface area contributed by atoms with Crippen molar-refractivity contribution < 1.29 is 9.53 Å². The van der Waals surface area contributed by atoms with Crippen LogP contribution in [0.15, 0.2) is 71.7 Å². The minimum Gasteiger partial charge on any atom is -0.484 e. The monoisotopic (exact) mass is 392 g/mol. The van der Waals surface area contributed by atoms with Crippen molar-refractivity contribution in [2.75, 3.05) is 11.9 Å². The Labute approximate surface area is 169 Å². The highest BCUT2D eigenvalue weighted by Crippen LogP contribution is 2.23. The summed E-state index contributed by atoms with van der Waals surface area (Å²) < 4.78 is 5.55. The first-order valence-corrected chi connectivity index (χ1v) is 9.27. The predicted molar refractivity (Wildman–Crippen MR) is 115 cm³/mol. The molecular weight excluding hydrogens is 372 g/mol. The van der Waals surface area contributed by atoms with Crippen LogP contribution in [0.3, 0.4) is 0 Å². The van der Waals surface area contributed by atoms with Crippen molar-refractivity contribution in [3.8, 4) is 5.75 Å². The summed E-state index contributed by atoms with van der Waals surface area (Å²) in [5, 5.41) is 3.47. The molecular formula is C23H21ClN2O2. The molecule has 0 saturated carbocycles. The van der Waals surface area contributed by atoms with Crippen LogP contribution >= 0.6 is 11.6 Å². The van der Waals surface area contributed by atoms with Gasteiger partial charge in [0.05, 0.1) is 5.69 Å². The number of benzene rings is 3. The largest absolute Gasteiger partial charge is 0.484 e. The van der Waals surface area contributed by atoms with Gasteiger partial charge in [-0.15, -0.1) is 0 Å². The molecule has 0 aliphatic heterocycles. The Balaban J connectivity index is 1.55. The summed E-state index contributed by atoms with van der Waals surface area (Å²) in [4.78, 5) is 16.5. The van der Waals surface area contributed by atoms with Gasteiger partial charge in [0, 0.05) is 16.9 Å². The molecule has 0 saturated heterocycles. The third kappa shape index (κ3) is 5.69. The van der Waals surface area contributed by atoms with Crippen LogP contribution < -0.4 is 10.1 Å². The second-order valence-electron chi connectivity index (χ2n) is 6.46. The summed E-state index contributed by atoms with van der Waals surface area (Å²) in [6.07, 6.45) is 1.77. The van der Waals surface area contributed by atoms with Crippen LogP contribution in [0.4, 0.5) is 11.4 Å². The molecule has 0 fully saturated rings. The van der Waals surface area contributed by atoms with Gasteiger partial charge in [0.15, 0.2) is 6.61 Å². The summed E-state index contributed by atoms with van der Waals surface area (Å²) in [5.74, 6) is 0.420. The minimum absolute atomic E-state index is 0.0525. The maximum atomic E-state index is 12.0. The van der Waals surface area contributed by atoms with Crippen LogP contribution in [0, 0.1) is 13.8 Å². The van der Waals surface area contributed by atoms with Gasteiger partial charge >= 0.3 is 0 Å². The molecule has 0 aliphatic rings. The van der Waals surface area contributed by atoms with E-state index < -0.39 is 0 Å². The number of hydrogen-bond donors (Lipinski definition) is 1. The van der Waals surface area contributed by atoms with Gasteiger partial charge in [-0.05, 0) is 79.1 Å². The first kappa shape index (κ1) is 19.6. The Morgan fingerprint density at radius 3 is 2.61 bits per heavy atom. The van der Waals surface area contributed by atoms with Crippen molar-refractivity contribution in [3.63, 3.8) is 0 Å². The molecule has 0 aromatic heterocycles. The molecule has 0 spiro atoms. The molecule has 142 valence electrons. The highest BCUT2D eigenvalue weighted by atomic mass is 35.5. The number of carbonyl (C=O) groups excluding carboxylic acids is 1. The Morgan fingerprint density at radius 1 is 1.07 bits per heavy atom. The molecule has 1 amide bonds. The quantitative estimate of drug-likeness (QED) is 0.545. The van der Waals surface area contributed by atoms with Gasteiger partial charge in [0.2, 0.25) is 0 Å². The van der Waals surface area contributed by atoms with Crippen molar-refractivity contribution in [1.82, 2.24) is 0 Å². The van der Waals surface area contributed by atoms with Crippen LogP contribution in [-0.2, 0) is 4.79 Å². The fourth-order valence-corrected chi connectivity index (χ4v) is 2.75. The normalized spacial score (nSPS) is 10.8. The number of rotatable bonds is 6. The van der Waals surface area contributed by atoms with E-state index in [0.717, 1.165) is 28.1 Å². The number of nitrogens with zero attached hydrogens (tertiary/aromatic N) is 1. The third-order valence-electron chi connectivity index (χ3n) is 4.08. The van der Waals surface area contributed by atoms with Crippen LogP contribution in [0.5, 0.6) is 5.75 Å². The van der Waals surface area contributed by atoms with E-state index in [4.69, 9.17) is 16.3 Å². The van der Waals surface area contributed by atoms with Gasteiger partial charge in [-0.3, -0.25) is 9.79 Å². The zero-order valence-electron chi connectivity index (χ0n) is 15.8. The lowest BCUT2D eigenvalue weighted by Crippen LogP contribution is -2.20. The topological polar surface area (TPSA) is 50.7 Å². The second kappa shape index (κ2) is 9.20. The predicted octanol–water partition coefficient (Wildman–Crippen LogP) is 5.72. The molecule has 0 aliphatic carbocycles. The number of halogens is 1. The van der Waals surface area contributed by atoms with Gasteiger partial charge in [0.25, 0.3) is 5.91 Å². The Bertz CT molecular complexity index is 998. The van der Waals surface area contributed by atoms with Gasteiger partial charge in [-0.2, -0.15) is 0 Å². The minimum atomic E-state index is -0.201. The van der Waals surface area contributed by atoms with Crippen LogP contribution in [0.25, 0.3) is 0 Å². The van der Waals surface area contributed by atoms with Gasteiger partial charge in [-0.1, -0.05) is 29.8 Å². The van der Waals surface area contributed by atoms with Gasteiger partial charge in [0.1, 0.15) is 5.75 Å². The van der Waals surface area contributed by atoms with Crippen LogP contribution in [0.1, 0.15) is 16.7 Å². The average Bonchev–Trinajstić information content (AvgIpc) is 2.68. The first-order valence-electron chi connectivity index (χ1n) is 8.89. The number of aliphatic imine (C=N–C) groups is 1. The van der Waals surface area contributed by atoms with Gasteiger partial charge < -0.3 is 10.1 Å². The Hall–Kier alpha value is -3.11. The summed E-state index contributed by atoms with van der Waals surface area (Å²) >= 11 is 6.02. The molecule has 5 heteroatoms. The zero-order valence-corrected chi connectivity index (χ0v) is 16.5. The third-order valence-corrected chi connectivity index (χ3v) is 4.31. The smallest absolute Gasteiger partial charge is 0.262 e. The lowest BCUT2D eigenvalue weighted by Gasteiger charge is -2.08. The fourth-order valence-electron chi connectivity index (χ4n) is 2.58. The van der Waals surface area contributed by atoms with E-state index in [2.05, 4.69) is 10.3 Å². The number of amides is 1. The summed E-state index contributed by atoms with van der Waals surface area (Å²) in [7, 11) is 0. The highest BCUT2D eigenvalue weighted by Gasteiger charge is 2.04. The molecule has 1 N–H and O–H groups in total. The van der Waals surface area contributed by atoms with E-state index in [0.29, 0.717) is 10.8 Å². The molecule has 0 heterocycles. The van der Waals surface area contributed by atoms with Crippen molar-refractivity contribution in [2.24, 2.45) is 4.99 Å². The van der Waals surface area contributed by atoms with E-state index in [9.17, 15) is 4.79 Å². The lowest BCUT2D eigenvalue weighted by atomic mass is 10.2. The fraction of sp³-hybridized carbons (Fsp3) is 0.130. The maximum Gasteiger partial charge on any atom is 0.262 e. The molecule has 28 heavy (non-hydrogen) atoms. The summed E-state index contributed by atoms with van der Waals surface area (Å²) in [6.45, 7) is 3.91. The Kier molecular flexibility index (Phi) is 6.45. The number of anilines is 1. The molecule has 3 aromatic carbocycles. The van der Waals surface area contributed by atoms with Crippen molar-refractivity contribution in [2.45, 2.75) is 13.8 Å². The van der Waals surface area contributed by atoms with Gasteiger partial charge in [-0.25, -0.2) is 0 Å². The first-order chi connectivity index (χ1) is 13.5. The van der Waals surface area contributed by atoms with E-state index in [1.165, 1.54) is 0 Å². The zero-order chi connectivity index (χ0) is 19.9. The number of nitrogens with one attached hydrogen (secondary N) is 1. The second-order valence-corrected chi connectivity index (χ2v) is 6.90. The molecule has 3 aromatic rings. The Morgan fingerprint density at radius 2 is 1.86 bits per heavy atom. The highest BCUT2D eigenvalue weighted by molar-refractivity contribution is 6.30. The standard InChI is InChI=1S/C23H21ClN2O2/c1-16-4-3-5-20(12-16)26-23(27)15-28-21-10-7-18(8-11-21)14-25-22-13-19(24)9-6-17(22)2/h3-14H,15H2,1-2H3,(H,26,27). The summed E-state index contributed by atoms with van der Waals surface area (Å²) in [6, 6.07) is 20.6. The summed E-state index contributed by atoms with van der Waals surface area (Å²) in [5.41, 5.74) is 4.66. The number of aryl methyl sites for hydroxylation is 2. The SMILES string of the molecule is Cc1cccc(NC(=O)COc2ccc(C=Nc3cc(Cl)ccc3C)cc2)c1. The molecule has 0 atom stereocenters. The van der Waals surface area contributed by atoms with Crippen molar-refractivity contribution in [1.29, 1.82) is 0 Å². The van der Waals surface area contributed by atoms with Crippen LogP contribution in [0.2, 0.25) is 5.02 Å². The lowest BCUT2D eigenvalue weighted by molar-refractivity contribution is -0.118. The molecule has 0 bridgehead atoms. The van der Waals surface area contributed by atoms with Crippen LogP contribution in [-0.4, -0.2) is 18.7 Å². The van der Waals surface area contributed by atoms with Crippen molar-refractivity contribution >= 4 is 35.1 Å². The van der Waals surface area contributed by atoms with Crippen molar-refractivity contribution in [3.05, 3.63) is 88.4 Å².